The summed E-state index contributed by atoms with van der Waals surface area (Å²) in [6.07, 6.45) is 0. The molecule has 1 aliphatic rings. The van der Waals surface area contributed by atoms with Gasteiger partial charge < -0.3 is 14.7 Å². The van der Waals surface area contributed by atoms with Crippen molar-refractivity contribution in [2.24, 2.45) is 0 Å². The standard InChI is InChI=1S/C28H27ClN2O4/c1-16-7-6-8-20(13-16)31-24(18-9-11-19(12-10-18)30(3)4)23(26(33)28(31)34)25(32)21-14-17(2)15-22(29)27(21)35-5/h6-15,24,32H,1-5H3/b25-23+. The van der Waals surface area contributed by atoms with Gasteiger partial charge in [0.05, 0.1) is 29.3 Å². The van der Waals surface area contributed by atoms with Crippen molar-refractivity contribution in [1.29, 1.82) is 0 Å². The van der Waals surface area contributed by atoms with E-state index in [1.54, 1.807) is 18.2 Å². The molecule has 35 heavy (non-hydrogen) atoms. The first-order valence-corrected chi connectivity index (χ1v) is 11.5. The summed E-state index contributed by atoms with van der Waals surface area (Å²) < 4.78 is 5.44. The molecule has 0 aromatic heterocycles. The molecule has 0 bridgehead atoms. The Balaban J connectivity index is 2.00. The molecule has 0 spiro atoms. The maximum Gasteiger partial charge on any atom is 0.300 e. The molecule has 1 aliphatic heterocycles. The normalized spacial score (nSPS) is 17.1. The molecule has 1 saturated heterocycles. The third-order valence-corrected chi connectivity index (χ3v) is 6.38. The van der Waals surface area contributed by atoms with E-state index in [0.717, 1.165) is 16.8 Å². The number of carbonyl (C=O) groups excluding carboxylic acids is 2. The number of anilines is 2. The molecule has 4 rings (SSSR count). The molecule has 6 nitrogen and oxygen atoms in total. The average molecular weight is 491 g/mol. The largest absolute Gasteiger partial charge is 0.507 e. The van der Waals surface area contributed by atoms with Crippen molar-refractivity contribution in [3.63, 3.8) is 0 Å². The van der Waals surface area contributed by atoms with Gasteiger partial charge in [-0.25, -0.2) is 0 Å². The Morgan fingerprint density at radius 3 is 2.29 bits per heavy atom. The Morgan fingerprint density at radius 2 is 1.69 bits per heavy atom. The van der Waals surface area contributed by atoms with E-state index in [4.69, 9.17) is 16.3 Å². The van der Waals surface area contributed by atoms with Gasteiger partial charge >= 0.3 is 0 Å². The monoisotopic (exact) mass is 490 g/mol. The van der Waals surface area contributed by atoms with Crippen LogP contribution >= 0.6 is 11.6 Å². The predicted octanol–water partition coefficient (Wildman–Crippen LogP) is 5.66. The van der Waals surface area contributed by atoms with Crippen molar-refractivity contribution in [2.45, 2.75) is 19.9 Å². The molecule has 0 aliphatic carbocycles. The summed E-state index contributed by atoms with van der Waals surface area (Å²) >= 11 is 6.37. The van der Waals surface area contributed by atoms with Gasteiger partial charge in [0.15, 0.2) is 0 Å². The van der Waals surface area contributed by atoms with E-state index in [0.29, 0.717) is 16.3 Å². The predicted molar refractivity (Wildman–Crippen MR) is 139 cm³/mol. The van der Waals surface area contributed by atoms with Crippen LogP contribution in [-0.2, 0) is 9.59 Å². The van der Waals surface area contributed by atoms with Crippen LogP contribution in [0.2, 0.25) is 5.02 Å². The Morgan fingerprint density at radius 1 is 1.00 bits per heavy atom. The summed E-state index contributed by atoms with van der Waals surface area (Å²) in [4.78, 5) is 30.2. The van der Waals surface area contributed by atoms with Gasteiger partial charge in [0.25, 0.3) is 11.7 Å². The van der Waals surface area contributed by atoms with Crippen molar-refractivity contribution in [3.05, 3.63) is 93.5 Å². The molecule has 1 amide bonds. The van der Waals surface area contributed by atoms with Crippen LogP contribution in [0.25, 0.3) is 5.76 Å². The molecule has 0 saturated carbocycles. The minimum absolute atomic E-state index is 0.0194. The number of halogens is 1. The van der Waals surface area contributed by atoms with Crippen molar-refractivity contribution in [3.8, 4) is 5.75 Å². The molecule has 3 aromatic carbocycles. The van der Waals surface area contributed by atoms with Gasteiger partial charge in [-0.15, -0.1) is 0 Å². The zero-order valence-electron chi connectivity index (χ0n) is 20.3. The first-order chi connectivity index (χ1) is 16.6. The van der Waals surface area contributed by atoms with Gasteiger partial charge in [0, 0.05) is 25.5 Å². The summed E-state index contributed by atoms with van der Waals surface area (Å²) in [6, 6.07) is 17.5. The molecule has 7 heteroatoms. The van der Waals surface area contributed by atoms with E-state index in [2.05, 4.69) is 0 Å². The zero-order valence-corrected chi connectivity index (χ0v) is 21.1. The number of hydrogen-bond acceptors (Lipinski definition) is 5. The van der Waals surface area contributed by atoms with Crippen molar-refractivity contribution >= 4 is 40.4 Å². The molecule has 1 N–H and O–H groups in total. The van der Waals surface area contributed by atoms with Gasteiger partial charge in [0.2, 0.25) is 0 Å². The van der Waals surface area contributed by atoms with Crippen LogP contribution < -0.4 is 14.5 Å². The highest BCUT2D eigenvalue weighted by Gasteiger charge is 2.47. The van der Waals surface area contributed by atoms with Crippen LogP contribution in [0.5, 0.6) is 5.75 Å². The number of rotatable bonds is 5. The molecule has 1 fully saturated rings. The molecule has 1 atom stereocenters. The molecule has 3 aromatic rings. The van der Waals surface area contributed by atoms with E-state index in [1.165, 1.54) is 12.0 Å². The maximum atomic E-state index is 13.4. The fraction of sp³-hybridized carbons (Fsp3) is 0.214. The Hall–Kier alpha value is -3.77. The van der Waals surface area contributed by atoms with E-state index in [9.17, 15) is 14.7 Å². The average Bonchev–Trinajstić information content (AvgIpc) is 3.08. The fourth-order valence-corrected chi connectivity index (χ4v) is 4.76. The number of benzene rings is 3. The minimum atomic E-state index is -0.836. The Labute approximate surface area is 210 Å². The van der Waals surface area contributed by atoms with Gasteiger partial charge in [-0.05, 0) is 66.9 Å². The number of amides is 1. The fourth-order valence-electron chi connectivity index (χ4n) is 4.40. The van der Waals surface area contributed by atoms with E-state index >= 15 is 0 Å². The molecular formula is C28H27ClN2O4. The second-order valence-corrected chi connectivity index (χ2v) is 9.23. The van der Waals surface area contributed by atoms with Gasteiger partial charge in [-0.2, -0.15) is 0 Å². The number of hydrogen-bond donors (Lipinski definition) is 1. The first-order valence-electron chi connectivity index (χ1n) is 11.1. The third-order valence-electron chi connectivity index (χ3n) is 6.10. The molecule has 180 valence electrons. The van der Waals surface area contributed by atoms with Crippen molar-refractivity contribution in [1.82, 2.24) is 0 Å². The lowest BCUT2D eigenvalue weighted by molar-refractivity contribution is -0.132. The van der Waals surface area contributed by atoms with Crippen LogP contribution in [0.4, 0.5) is 11.4 Å². The number of aliphatic hydroxyl groups excluding tert-OH is 1. The lowest BCUT2D eigenvalue weighted by Crippen LogP contribution is -2.29. The van der Waals surface area contributed by atoms with Crippen LogP contribution in [0.1, 0.15) is 28.3 Å². The van der Waals surface area contributed by atoms with Crippen molar-refractivity contribution in [2.75, 3.05) is 31.0 Å². The van der Waals surface area contributed by atoms with Crippen molar-refractivity contribution < 1.29 is 19.4 Å². The quantitative estimate of drug-likeness (QED) is 0.284. The number of Topliss-reactive ketones (excluding diaryl/α,β-unsaturated/α-hetero) is 1. The molecular weight excluding hydrogens is 464 g/mol. The number of methoxy groups -OCH3 is 1. The van der Waals surface area contributed by atoms with Crippen LogP contribution in [0.3, 0.4) is 0 Å². The second-order valence-electron chi connectivity index (χ2n) is 8.82. The van der Waals surface area contributed by atoms with E-state index in [-0.39, 0.29) is 22.6 Å². The zero-order chi connectivity index (χ0) is 25.4. The summed E-state index contributed by atoms with van der Waals surface area (Å²) in [5.41, 5.74) is 4.19. The SMILES string of the molecule is COc1c(Cl)cc(C)cc1/C(O)=C1\C(=O)C(=O)N(c2cccc(C)c2)C1c1ccc(N(C)C)cc1. The third kappa shape index (κ3) is 4.37. The second kappa shape index (κ2) is 9.47. The summed E-state index contributed by atoms with van der Waals surface area (Å²) in [6.45, 7) is 3.74. The highest BCUT2D eigenvalue weighted by molar-refractivity contribution is 6.51. The molecule has 1 heterocycles. The Bertz CT molecular complexity index is 1350. The number of ketones is 1. The lowest BCUT2D eigenvalue weighted by atomic mass is 9.94. The summed E-state index contributed by atoms with van der Waals surface area (Å²) in [5.74, 6) is -1.58. The maximum absolute atomic E-state index is 13.4. The number of ether oxygens (including phenoxy) is 1. The smallest absolute Gasteiger partial charge is 0.300 e. The minimum Gasteiger partial charge on any atom is -0.507 e. The first kappa shape index (κ1) is 24.4. The van der Waals surface area contributed by atoms with Crippen LogP contribution in [-0.4, -0.2) is 38.0 Å². The highest BCUT2D eigenvalue weighted by Crippen LogP contribution is 2.44. The lowest BCUT2D eigenvalue weighted by Gasteiger charge is -2.26. The molecule has 0 radical (unpaired) electrons. The topological polar surface area (TPSA) is 70.1 Å². The number of aryl methyl sites for hydroxylation is 2. The molecule has 1 unspecified atom stereocenters. The van der Waals surface area contributed by atoms with Crippen LogP contribution in [0.15, 0.2) is 66.2 Å². The Kier molecular flexibility index (Phi) is 6.59. The summed E-state index contributed by atoms with van der Waals surface area (Å²) in [5, 5.41) is 11.8. The van der Waals surface area contributed by atoms with E-state index < -0.39 is 17.7 Å². The summed E-state index contributed by atoms with van der Waals surface area (Å²) in [7, 11) is 5.30. The number of nitrogens with zero attached hydrogens (tertiary/aromatic N) is 2. The van der Waals surface area contributed by atoms with Gasteiger partial charge in [0.1, 0.15) is 11.5 Å². The number of aliphatic hydroxyl groups is 1. The highest BCUT2D eigenvalue weighted by atomic mass is 35.5. The van der Waals surface area contributed by atoms with Crippen LogP contribution in [0, 0.1) is 13.8 Å². The number of carbonyl (C=O) groups is 2. The van der Waals surface area contributed by atoms with Gasteiger partial charge in [-0.1, -0.05) is 35.9 Å². The van der Waals surface area contributed by atoms with E-state index in [1.807, 2.05) is 75.3 Å². The van der Waals surface area contributed by atoms with Gasteiger partial charge in [-0.3, -0.25) is 14.5 Å².